The molecule has 1 aromatic heterocycles. The zero-order valence-corrected chi connectivity index (χ0v) is 22.8. The minimum atomic E-state index is -4.94. The lowest BCUT2D eigenvalue weighted by Gasteiger charge is -2.40. The van der Waals surface area contributed by atoms with Gasteiger partial charge in [-0.1, -0.05) is 11.6 Å². The number of carbonyl (C=O) groups is 1. The van der Waals surface area contributed by atoms with Crippen LogP contribution in [0.1, 0.15) is 41.0 Å². The van der Waals surface area contributed by atoms with E-state index in [1.54, 1.807) is 20.8 Å². The highest BCUT2D eigenvalue weighted by Gasteiger charge is 2.54. The van der Waals surface area contributed by atoms with Crippen molar-refractivity contribution in [3.8, 4) is 11.8 Å². The number of sulfonamides is 1. The van der Waals surface area contributed by atoms with Crippen LogP contribution in [0.4, 0.5) is 29.3 Å². The van der Waals surface area contributed by atoms with Crippen LogP contribution in [0.15, 0.2) is 29.3 Å². The van der Waals surface area contributed by atoms with E-state index in [1.165, 1.54) is 16.9 Å². The standard InChI is InChI=1S/C23H27ClF3N5O5S/c1-6-30-12-18(19(24)29-30)38(35,36)31-11-15(10-21(2,3)13-28)37-17-8-7-14(9-16(17)31)32(20(33)34)22(4,5)23(25,26)27/h7-9,12,15H,6,10-11H2,1-5H3,(H,33,34)/t15-/m0/s1. The summed E-state index contributed by atoms with van der Waals surface area (Å²) in [4.78, 5) is 11.8. The number of hydrogen-bond acceptors (Lipinski definition) is 6. The van der Waals surface area contributed by atoms with Gasteiger partial charge in [-0.15, -0.1) is 0 Å². The minimum Gasteiger partial charge on any atom is -0.486 e. The molecule has 1 aliphatic heterocycles. The molecule has 208 valence electrons. The molecule has 0 saturated heterocycles. The molecule has 1 atom stereocenters. The van der Waals surface area contributed by atoms with Crippen LogP contribution < -0.4 is 13.9 Å². The van der Waals surface area contributed by atoms with E-state index in [-0.39, 0.29) is 39.4 Å². The van der Waals surface area contributed by atoms with Crippen LogP contribution in [-0.2, 0) is 16.6 Å². The van der Waals surface area contributed by atoms with Crippen LogP contribution in [-0.4, -0.2) is 53.8 Å². The Morgan fingerprint density at radius 3 is 2.45 bits per heavy atom. The number of hydrogen-bond donors (Lipinski definition) is 1. The van der Waals surface area contributed by atoms with E-state index in [2.05, 4.69) is 11.2 Å². The van der Waals surface area contributed by atoms with Crippen molar-refractivity contribution in [2.45, 2.75) is 70.3 Å². The summed E-state index contributed by atoms with van der Waals surface area (Å²) in [5, 5.41) is 22.8. The molecule has 0 fully saturated rings. The first kappa shape index (κ1) is 29.4. The lowest BCUT2D eigenvalue weighted by atomic mass is 9.88. The average Bonchev–Trinajstić information content (AvgIpc) is 3.19. The van der Waals surface area contributed by atoms with Crippen LogP contribution in [0.3, 0.4) is 0 Å². The predicted molar refractivity (Wildman–Crippen MR) is 133 cm³/mol. The smallest absolute Gasteiger partial charge is 0.412 e. The van der Waals surface area contributed by atoms with E-state index < -0.39 is 45.0 Å². The average molecular weight is 578 g/mol. The molecule has 1 aromatic carbocycles. The summed E-state index contributed by atoms with van der Waals surface area (Å²) in [7, 11) is -4.45. The summed E-state index contributed by atoms with van der Waals surface area (Å²) in [5.74, 6) is -0.0172. The summed E-state index contributed by atoms with van der Waals surface area (Å²) < 4.78 is 77.1. The Morgan fingerprint density at radius 1 is 1.32 bits per heavy atom. The van der Waals surface area contributed by atoms with E-state index in [9.17, 15) is 36.8 Å². The molecule has 0 unspecified atom stereocenters. The molecule has 10 nitrogen and oxygen atoms in total. The van der Waals surface area contributed by atoms with Crippen LogP contribution in [0.5, 0.6) is 5.75 Å². The molecule has 0 aliphatic carbocycles. The second-order valence-corrected chi connectivity index (χ2v) is 12.1. The molecule has 1 N–H and O–H groups in total. The number of nitriles is 1. The largest absolute Gasteiger partial charge is 0.486 e. The Labute approximate surface area is 223 Å². The molecule has 15 heteroatoms. The van der Waals surface area contributed by atoms with E-state index in [0.29, 0.717) is 20.4 Å². The zero-order valence-electron chi connectivity index (χ0n) is 21.2. The van der Waals surface area contributed by atoms with Gasteiger partial charge in [0.2, 0.25) is 0 Å². The molecule has 0 bridgehead atoms. The van der Waals surface area contributed by atoms with Crippen molar-refractivity contribution in [3.05, 3.63) is 29.5 Å². The van der Waals surface area contributed by atoms with Crippen LogP contribution in [0.2, 0.25) is 5.15 Å². The zero-order chi connectivity index (χ0) is 28.8. The summed E-state index contributed by atoms with van der Waals surface area (Å²) in [6.45, 7) is 6.43. The highest BCUT2D eigenvalue weighted by molar-refractivity contribution is 7.93. The first-order valence-electron chi connectivity index (χ1n) is 11.4. The van der Waals surface area contributed by atoms with Gasteiger partial charge in [0.1, 0.15) is 22.3 Å². The van der Waals surface area contributed by atoms with Gasteiger partial charge in [0.15, 0.2) is 5.15 Å². The van der Waals surface area contributed by atoms with Gasteiger partial charge >= 0.3 is 12.3 Å². The second kappa shape index (κ2) is 9.85. The second-order valence-electron chi connectivity index (χ2n) is 9.94. The van der Waals surface area contributed by atoms with Crippen molar-refractivity contribution >= 4 is 39.1 Å². The number of halogens is 4. The minimum absolute atomic E-state index is 0.0172. The summed E-state index contributed by atoms with van der Waals surface area (Å²) in [5.41, 5.74) is -4.34. The number of benzene rings is 1. The predicted octanol–water partition coefficient (Wildman–Crippen LogP) is 5.28. The quantitative estimate of drug-likeness (QED) is 0.474. The number of rotatable bonds is 7. The number of alkyl halides is 3. The molecule has 38 heavy (non-hydrogen) atoms. The molecule has 0 radical (unpaired) electrons. The third-order valence-corrected chi connectivity index (χ3v) is 8.37. The lowest BCUT2D eigenvalue weighted by molar-refractivity contribution is -0.175. The molecular weight excluding hydrogens is 551 g/mol. The number of aryl methyl sites for hydroxylation is 1. The molecule has 1 aliphatic rings. The van der Waals surface area contributed by atoms with Crippen LogP contribution >= 0.6 is 11.6 Å². The highest BCUT2D eigenvalue weighted by Crippen LogP contribution is 2.45. The van der Waals surface area contributed by atoms with Crippen molar-refractivity contribution in [1.29, 1.82) is 5.26 Å². The van der Waals surface area contributed by atoms with Crippen LogP contribution in [0.25, 0.3) is 0 Å². The maximum atomic E-state index is 13.8. The fourth-order valence-corrected chi connectivity index (χ4v) is 5.97. The topological polar surface area (TPSA) is 129 Å². The van der Waals surface area contributed by atoms with Gasteiger partial charge in [0.05, 0.1) is 29.4 Å². The molecule has 2 heterocycles. The molecular formula is C23H27ClF3N5O5S. The SMILES string of the molecule is CCn1cc(S(=O)(=O)N2C[C@H](CC(C)(C)C#N)Oc3ccc(N(C(=O)O)C(C)(C)C(F)(F)F)cc32)c(Cl)n1. The number of amides is 1. The maximum absolute atomic E-state index is 13.8. The fraction of sp³-hybridized carbons (Fsp3) is 0.522. The van der Waals surface area contributed by atoms with Crippen molar-refractivity contribution in [2.75, 3.05) is 15.7 Å². The number of aromatic nitrogens is 2. The van der Waals surface area contributed by atoms with E-state index >= 15 is 0 Å². The maximum Gasteiger partial charge on any atom is 0.412 e. The van der Waals surface area contributed by atoms with Crippen LogP contribution in [0, 0.1) is 16.7 Å². The van der Waals surface area contributed by atoms with E-state index in [4.69, 9.17) is 16.3 Å². The first-order chi connectivity index (χ1) is 17.4. The van der Waals surface area contributed by atoms with Gasteiger partial charge in [-0.2, -0.15) is 23.5 Å². The molecule has 3 rings (SSSR count). The lowest BCUT2D eigenvalue weighted by Crippen LogP contribution is -2.57. The van der Waals surface area contributed by atoms with Gasteiger partial charge < -0.3 is 9.84 Å². The van der Waals surface area contributed by atoms with Gasteiger partial charge in [-0.05, 0) is 52.8 Å². The van der Waals surface area contributed by atoms with Gasteiger partial charge in [0.25, 0.3) is 10.0 Å². The van der Waals surface area contributed by atoms with Gasteiger partial charge in [-0.25, -0.2) is 13.2 Å². The Bertz CT molecular complexity index is 1380. The van der Waals surface area contributed by atoms with E-state index in [0.717, 1.165) is 16.4 Å². The normalized spacial score (nSPS) is 16.4. The van der Waals surface area contributed by atoms with Crippen molar-refractivity contribution in [1.82, 2.24) is 9.78 Å². The van der Waals surface area contributed by atoms with Gasteiger partial charge in [0, 0.05) is 19.2 Å². The monoisotopic (exact) mass is 577 g/mol. The number of anilines is 2. The number of ether oxygens (including phenoxy) is 1. The highest BCUT2D eigenvalue weighted by atomic mass is 35.5. The van der Waals surface area contributed by atoms with Crippen molar-refractivity contribution in [2.24, 2.45) is 5.41 Å². The summed E-state index contributed by atoms with van der Waals surface area (Å²) in [6.07, 6.45) is -6.29. The third-order valence-electron chi connectivity index (χ3n) is 6.20. The molecule has 0 saturated carbocycles. The molecule has 1 amide bonds. The Morgan fingerprint density at radius 2 is 1.95 bits per heavy atom. The van der Waals surface area contributed by atoms with Gasteiger partial charge in [-0.3, -0.25) is 13.9 Å². The third kappa shape index (κ3) is 5.35. The Balaban J connectivity index is 2.22. The van der Waals surface area contributed by atoms with Crippen molar-refractivity contribution in [3.63, 3.8) is 0 Å². The van der Waals surface area contributed by atoms with E-state index in [1.807, 2.05) is 0 Å². The fourth-order valence-electron chi connectivity index (χ4n) is 4.02. The molecule has 0 spiro atoms. The number of carboxylic acid groups (broad SMARTS) is 1. The summed E-state index contributed by atoms with van der Waals surface area (Å²) >= 11 is 6.13. The number of nitrogens with zero attached hydrogens (tertiary/aromatic N) is 5. The van der Waals surface area contributed by atoms with Crippen molar-refractivity contribution < 1.29 is 36.2 Å². The first-order valence-corrected chi connectivity index (χ1v) is 13.2. The Hall–Kier alpha value is -3.18. The summed E-state index contributed by atoms with van der Waals surface area (Å²) in [6, 6.07) is 5.45. The Kier molecular flexibility index (Phi) is 7.61. The number of fused-ring (bicyclic) bond motifs is 1. The molecule has 2 aromatic rings.